The van der Waals surface area contributed by atoms with Crippen LogP contribution < -0.4 is 9.80 Å². The molecule has 0 spiro atoms. The maximum Gasteiger partial charge on any atom is 0.433 e. The summed E-state index contributed by atoms with van der Waals surface area (Å²) in [7, 11) is 1.86. The van der Waals surface area contributed by atoms with Crippen molar-refractivity contribution in [3.05, 3.63) is 30.1 Å². The van der Waals surface area contributed by atoms with E-state index < -0.39 is 11.9 Å². The first kappa shape index (κ1) is 20.0. The van der Waals surface area contributed by atoms with Gasteiger partial charge in [-0.1, -0.05) is 0 Å². The van der Waals surface area contributed by atoms with E-state index in [0.717, 1.165) is 68.0 Å². The van der Waals surface area contributed by atoms with Gasteiger partial charge in [0, 0.05) is 38.3 Å². The van der Waals surface area contributed by atoms with Gasteiger partial charge in [0.2, 0.25) is 0 Å². The van der Waals surface area contributed by atoms with Crippen molar-refractivity contribution in [1.29, 1.82) is 0 Å². The third-order valence-corrected chi connectivity index (χ3v) is 5.99. The summed E-state index contributed by atoms with van der Waals surface area (Å²) in [6.07, 6.45) is 1.91. The molecule has 1 saturated carbocycles. The highest BCUT2D eigenvalue weighted by Crippen LogP contribution is 2.38. The Morgan fingerprint density at radius 2 is 1.74 bits per heavy atom. The van der Waals surface area contributed by atoms with E-state index in [1.165, 1.54) is 0 Å². The summed E-state index contributed by atoms with van der Waals surface area (Å²) in [5.41, 5.74) is -0.0964. The van der Waals surface area contributed by atoms with Crippen molar-refractivity contribution in [2.24, 2.45) is 7.05 Å². The molecule has 0 bridgehead atoms. The first-order chi connectivity index (χ1) is 14.8. The Morgan fingerprint density at radius 3 is 2.42 bits per heavy atom. The van der Waals surface area contributed by atoms with Crippen molar-refractivity contribution in [3.8, 4) is 0 Å². The topological polar surface area (TPSA) is 75.9 Å². The molecule has 164 valence electrons. The Balaban J connectivity index is 1.37. The van der Waals surface area contributed by atoms with Gasteiger partial charge in [-0.15, -0.1) is 0 Å². The number of anilines is 2. The zero-order valence-corrected chi connectivity index (χ0v) is 17.3. The molecule has 0 unspecified atom stereocenters. The molecule has 1 aliphatic carbocycles. The fourth-order valence-electron chi connectivity index (χ4n) is 4.38. The quantitative estimate of drug-likeness (QED) is 0.627. The lowest BCUT2D eigenvalue weighted by Gasteiger charge is -2.40. The van der Waals surface area contributed by atoms with Gasteiger partial charge in [-0.2, -0.15) is 18.3 Å². The summed E-state index contributed by atoms with van der Waals surface area (Å²) in [6, 6.07) is 1.46. The van der Waals surface area contributed by atoms with Crippen LogP contribution in [-0.4, -0.2) is 54.9 Å². The standard InChI is InChI=1S/C20H23F3N8/c1-12-27-18-15(10-26-29(18)2)19(28-12)30-7-5-14(6-8-30)31(13-3-4-13)17-9-16(20(21,22)23)24-11-25-17/h9-11,13-14H,3-8H2,1-2H3. The van der Waals surface area contributed by atoms with E-state index in [2.05, 4.69) is 34.8 Å². The lowest BCUT2D eigenvalue weighted by molar-refractivity contribution is -0.141. The monoisotopic (exact) mass is 432 g/mol. The smallest absolute Gasteiger partial charge is 0.356 e. The van der Waals surface area contributed by atoms with E-state index in [1.54, 1.807) is 10.9 Å². The number of rotatable bonds is 4. The highest BCUT2D eigenvalue weighted by Gasteiger charge is 2.39. The van der Waals surface area contributed by atoms with Gasteiger partial charge in [-0.25, -0.2) is 19.9 Å². The van der Waals surface area contributed by atoms with Gasteiger partial charge in [0.1, 0.15) is 29.5 Å². The zero-order chi connectivity index (χ0) is 21.8. The summed E-state index contributed by atoms with van der Waals surface area (Å²) < 4.78 is 41.2. The fraction of sp³-hybridized carbons (Fsp3) is 0.550. The number of hydrogen-bond acceptors (Lipinski definition) is 7. The molecule has 0 amide bonds. The van der Waals surface area contributed by atoms with E-state index >= 15 is 0 Å². The van der Waals surface area contributed by atoms with Crippen LogP contribution in [-0.2, 0) is 13.2 Å². The molecule has 4 heterocycles. The number of aromatic nitrogens is 6. The van der Waals surface area contributed by atoms with Gasteiger partial charge in [0.25, 0.3) is 0 Å². The number of aryl methyl sites for hydroxylation is 2. The van der Waals surface area contributed by atoms with Gasteiger partial charge in [-0.3, -0.25) is 4.68 Å². The van der Waals surface area contributed by atoms with Gasteiger partial charge < -0.3 is 9.80 Å². The second kappa shape index (κ2) is 7.31. The fourth-order valence-corrected chi connectivity index (χ4v) is 4.38. The highest BCUT2D eigenvalue weighted by atomic mass is 19.4. The Labute approximate surface area is 177 Å². The molecule has 5 rings (SSSR count). The van der Waals surface area contributed by atoms with Gasteiger partial charge >= 0.3 is 6.18 Å². The Kier molecular flexibility index (Phi) is 4.71. The molecule has 1 saturated heterocycles. The minimum absolute atomic E-state index is 0.132. The summed E-state index contributed by atoms with van der Waals surface area (Å²) in [5.74, 6) is 1.93. The zero-order valence-electron chi connectivity index (χ0n) is 17.3. The van der Waals surface area contributed by atoms with E-state index in [1.807, 2.05) is 14.0 Å². The van der Waals surface area contributed by atoms with Crippen molar-refractivity contribution < 1.29 is 13.2 Å². The van der Waals surface area contributed by atoms with Crippen LogP contribution in [0.15, 0.2) is 18.6 Å². The predicted molar refractivity (Wildman–Crippen MR) is 109 cm³/mol. The number of piperidine rings is 1. The maximum atomic E-state index is 13.2. The van der Waals surface area contributed by atoms with E-state index in [0.29, 0.717) is 11.6 Å². The maximum absolute atomic E-state index is 13.2. The Morgan fingerprint density at radius 1 is 1.03 bits per heavy atom. The average Bonchev–Trinajstić information content (AvgIpc) is 3.51. The number of nitrogens with zero attached hydrogens (tertiary/aromatic N) is 8. The molecule has 31 heavy (non-hydrogen) atoms. The molecular formula is C20H23F3N8. The molecule has 0 N–H and O–H groups in total. The number of halogens is 3. The van der Waals surface area contributed by atoms with Gasteiger partial charge in [0.15, 0.2) is 5.65 Å². The molecule has 11 heteroatoms. The molecular weight excluding hydrogens is 409 g/mol. The first-order valence-corrected chi connectivity index (χ1v) is 10.4. The number of fused-ring (bicyclic) bond motifs is 1. The Hall–Kier alpha value is -2.98. The van der Waals surface area contributed by atoms with Crippen LogP contribution in [0.1, 0.15) is 37.2 Å². The minimum Gasteiger partial charge on any atom is -0.356 e. The van der Waals surface area contributed by atoms with Crippen LogP contribution in [0.2, 0.25) is 0 Å². The molecule has 3 aromatic rings. The number of alkyl halides is 3. The lowest BCUT2D eigenvalue weighted by Crippen LogP contribution is -2.46. The normalized spacial score (nSPS) is 18.0. The first-order valence-electron chi connectivity index (χ1n) is 10.4. The molecule has 0 aromatic carbocycles. The lowest BCUT2D eigenvalue weighted by atomic mass is 10.0. The highest BCUT2D eigenvalue weighted by molar-refractivity contribution is 5.87. The van der Waals surface area contributed by atoms with Gasteiger partial charge in [-0.05, 0) is 32.6 Å². The van der Waals surface area contributed by atoms with Crippen molar-refractivity contribution in [1.82, 2.24) is 29.7 Å². The van der Waals surface area contributed by atoms with Crippen LogP contribution in [0.4, 0.5) is 24.8 Å². The Bertz CT molecular complexity index is 1100. The van der Waals surface area contributed by atoms with Crippen LogP contribution in [0.25, 0.3) is 11.0 Å². The molecule has 0 radical (unpaired) electrons. The van der Waals surface area contributed by atoms with Crippen LogP contribution in [0.5, 0.6) is 0 Å². The predicted octanol–water partition coefficient (Wildman–Crippen LogP) is 3.12. The molecule has 3 aromatic heterocycles. The third kappa shape index (κ3) is 3.77. The summed E-state index contributed by atoms with van der Waals surface area (Å²) in [4.78, 5) is 21.0. The van der Waals surface area contributed by atoms with Crippen molar-refractivity contribution in [2.75, 3.05) is 22.9 Å². The largest absolute Gasteiger partial charge is 0.433 e. The van der Waals surface area contributed by atoms with Crippen molar-refractivity contribution in [3.63, 3.8) is 0 Å². The van der Waals surface area contributed by atoms with E-state index in [9.17, 15) is 13.2 Å². The summed E-state index contributed by atoms with van der Waals surface area (Å²) in [5, 5.41) is 5.22. The second-order valence-electron chi connectivity index (χ2n) is 8.22. The molecule has 2 aliphatic rings. The minimum atomic E-state index is -4.48. The van der Waals surface area contributed by atoms with Crippen molar-refractivity contribution in [2.45, 2.75) is 50.9 Å². The third-order valence-electron chi connectivity index (χ3n) is 5.99. The molecule has 2 fully saturated rings. The van der Waals surface area contributed by atoms with Gasteiger partial charge in [0.05, 0.1) is 11.6 Å². The number of hydrogen-bond donors (Lipinski definition) is 0. The van der Waals surface area contributed by atoms with Crippen LogP contribution in [0.3, 0.4) is 0 Å². The van der Waals surface area contributed by atoms with Crippen LogP contribution in [0, 0.1) is 6.92 Å². The van der Waals surface area contributed by atoms with E-state index in [4.69, 9.17) is 0 Å². The molecule has 1 aliphatic heterocycles. The molecule has 0 atom stereocenters. The second-order valence-corrected chi connectivity index (χ2v) is 8.22. The SMILES string of the molecule is Cc1nc(N2CCC(N(c3cc(C(F)(F)F)ncn3)C3CC3)CC2)c2cnn(C)c2n1. The average molecular weight is 432 g/mol. The van der Waals surface area contributed by atoms with E-state index in [-0.39, 0.29) is 12.1 Å². The summed E-state index contributed by atoms with van der Waals surface area (Å²) in [6.45, 7) is 3.38. The molecule has 8 nitrogen and oxygen atoms in total. The summed E-state index contributed by atoms with van der Waals surface area (Å²) >= 11 is 0. The van der Waals surface area contributed by atoms with Crippen LogP contribution >= 0.6 is 0 Å². The van der Waals surface area contributed by atoms with Crippen molar-refractivity contribution >= 4 is 22.7 Å².